The van der Waals surface area contributed by atoms with E-state index >= 15 is 0 Å². The molecule has 0 saturated heterocycles. The number of phenols is 1. The smallest absolute Gasteiger partial charge is 0.126 e. The standard InChI is InChI=1S/C11H8Cl2N2O/c1-7(15-3-2-14-6-15)8-4-9(12)10(13)5-11(8)16/h2-6,16H,1H2. The van der Waals surface area contributed by atoms with Crippen LogP contribution in [0.4, 0.5) is 0 Å². The van der Waals surface area contributed by atoms with Crippen molar-refractivity contribution >= 4 is 28.9 Å². The van der Waals surface area contributed by atoms with Crippen LogP contribution in [0.3, 0.4) is 0 Å². The molecule has 0 spiro atoms. The number of phenolic OH excluding ortho intramolecular Hbond substituents is 1. The molecule has 2 rings (SSSR count). The molecule has 1 aromatic heterocycles. The van der Waals surface area contributed by atoms with Crippen molar-refractivity contribution in [2.45, 2.75) is 0 Å². The number of rotatable bonds is 2. The van der Waals surface area contributed by atoms with Crippen LogP contribution >= 0.6 is 23.2 Å². The highest BCUT2D eigenvalue weighted by atomic mass is 35.5. The van der Waals surface area contributed by atoms with Gasteiger partial charge in [-0.05, 0) is 6.07 Å². The maximum Gasteiger partial charge on any atom is 0.126 e. The molecule has 0 aliphatic rings. The van der Waals surface area contributed by atoms with E-state index in [1.807, 2.05) is 0 Å². The fourth-order valence-electron chi connectivity index (χ4n) is 1.33. The molecule has 1 heterocycles. The second kappa shape index (κ2) is 4.20. The van der Waals surface area contributed by atoms with Crippen molar-refractivity contribution in [2.75, 3.05) is 0 Å². The lowest BCUT2D eigenvalue weighted by atomic mass is 10.1. The maximum atomic E-state index is 9.75. The van der Waals surface area contributed by atoms with E-state index in [0.717, 1.165) is 0 Å². The van der Waals surface area contributed by atoms with Crippen molar-refractivity contribution in [1.29, 1.82) is 0 Å². The van der Waals surface area contributed by atoms with Crippen LogP contribution in [0.5, 0.6) is 5.75 Å². The van der Waals surface area contributed by atoms with Crippen LogP contribution in [0, 0.1) is 0 Å². The van der Waals surface area contributed by atoms with E-state index in [1.165, 1.54) is 6.07 Å². The zero-order valence-corrected chi connectivity index (χ0v) is 9.70. The molecule has 16 heavy (non-hydrogen) atoms. The summed E-state index contributed by atoms with van der Waals surface area (Å²) >= 11 is 11.7. The molecule has 0 saturated carbocycles. The summed E-state index contributed by atoms with van der Waals surface area (Å²) in [5, 5.41) is 10.4. The lowest BCUT2D eigenvalue weighted by Gasteiger charge is -2.10. The molecule has 0 unspecified atom stereocenters. The highest BCUT2D eigenvalue weighted by Gasteiger charge is 2.10. The Kier molecular flexibility index (Phi) is 2.90. The molecule has 0 amide bonds. The van der Waals surface area contributed by atoms with Crippen molar-refractivity contribution in [2.24, 2.45) is 0 Å². The van der Waals surface area contributed by atoms with Crippen molar-refractivity contribution in [3.63, 3.8) is 0 Å². The molecule has 5 heteroatoms. The Morgan fingerprint density at radius 3 is 2.62 bits per heavy atom. The molecule has 1 aromatic carbocycles. The summed E-state index contributed by atoms with van der Waals surface area (Å²) in [5.74, 6) is 0.0353. The maximum absolute atomic E-state index is 9.75. The van der Waals surface area contributed by atoms with E-state index in [9.17, 15) is 5.11 Å². The summed E-state index contributed by atoms with van der Waals surface area (Å²) in [7, 11) is 0. The lowest BCUT2D eigenvalue weighted by molar-refractivity contribution is 0.473. The summed E-state index contributed by atoms with van der Waals surface area (Å²) in [4.78, 5) is 3.90. The summed E-state index contributed by atoms with van der Waals surface area (Å²) in [6, 6.07) is 2.96. The first-order chi connectivity index (χ1) is 7.59. The minimum Gasteiger partial charge on any atom is -0.507 e. The summed E-state index contributed by atoms with van der Waals surface area (Å²) < 4.78 is 1.68. The van der Waals surface area contributed by atoms with Gasteiger partial charge in [-0.3, -0.25) is 0 Å². The van der Waals surface area contributed by atoms with Crippen molar-refractivity contribution in [3.05, 3.63) is 53.0 Å². The van der Waals surface area contributed by atoms with Gasteiger partial charge in [-0.25, -0.2) is 4.98 Å². The van der Waals surface area contributed by atoms with Crippen LogP contribution < -0.4 is 0 Å². The Morgan fingerprint density at radius 2 is 2.00 bits per heavy atom. The van der Waals surface area contributed by atoms with E-state index < -0.39 is 0 Å². The number of hydrogen-bond acceptors (Lipinski definition) is 2. The van der Waals surface area contributed by atoms with Crippen molar-refractivity contribution in [3.8, 4) is 5.75 Å². The average molecular weight is 255 g/mol. The van der Waals surface area contributed by atoms with Gasteiger partial charge < -0.3 is 9.67 Å². The van der Waals surface area contributed by atoms with Gasteiger partial charge in [0.15, 0.2) is 0 Å². The number of benzene rings is 1. The number of aromatic nitrogens is 2. The normalized spacial score (nSPS) is 10.4. The Balaban J connectivity index is 2.49. The molecule has 82 valence electrons. The summed E-state index contributed by atoms with van der Waals surface area (Å²) in [6.07, 6.45) is 4.94. The molecule has 0 atom stereocenters. The zero-order valence-electron chi connectivity index (χ0n) is 8.19. The summed E-state index contributed by atoms with van der Waals surface area (Å²) in [6.45, 7) is 3.86. The van der Waals surface area contributed by atoms with E-state index in [2.05, 4.69) is 11.6 Å². The first-order valence-corrected chi connectivity index (χ1v) is 5.21. The lowest BCUT2D eigenvalue weighted by Crippen LogP contribution is -1.95. The number of imidazole rings is 1. The first-order valence-electron chi connectivity index (χ1n) is 4.45. The Morgan fingerprint density at radius 1 is 1.31 bits per heavy atom. The van der Waals surface area contributed by atoms with Crippen LogP contribution in [-0.4, -0.2) is 14.7 Å². The van der Waals surface area contributed by atoms with E-state index in [4.69, 9.17) is 23.2 Å². The Hall–Kier alpha value is -1.45. The van der Waals surface area contributed by atoms with Gasteiger partial charge >= 0.3 is 0 Å². The van der Waals surface area contributed by atoms with Gasteiger partial charge in [0, 0.05) is 24.0 Å². The van der Waals surface area contributed by atoms with Gasteiger partial charge in [-0.15, -0.1) is 0 Å². The third-order valence-electron chi connectivity index (χ3n) is 2.17. The minimum atomic E-state index is 0.0353. The average Bonchev–Trinajstić information content (AvgIpc) is 2.75. The molecule has 0 bridgehead atoms. The Bertz CT molecular complexity index is 535. The van der Waals surface area contributed by atoms with E-state index in [-0.39, 0.29) is 5.75 Å². The van der Waals surface area contributed by atoms with Gasteiger partial charge in [0.2, 0.25) is 0 Å². The summed E-state index contributed by atoms with van der Waals surface area (Å²) in [5.41, 5.74) is 1.10. The number of aromatic hydroxyl groups is 1. The Labute approximate surface area is 103 Å². The van der Waals surface area contributed by atoms with Gasteiger partial charge in [-0.1, -0.05) is 29.8 Å². The first kappa shape index (κ1) is 11.0. The molecule has 0 fully saturated rings. The van der Waals surface area contributed by atoms with Crippen LogP contribution in [0.1, 0.15) is 5.56 Å². The van der Waals surface area contributed by atoms with Gasteiger partial charge in [-0.2, -0.15) is 0 Å². The van der Waals surface area contributed by atoms with Crippen molar-refractivity contribution < 1.29 is 5.11 Å². The number of halogens is 2. The minimum absolute atomic E-state index is 0.0353. The highest BCUT2D eigenvalue weighted by Crippen LogP contribution is 2.33. The van der Waals surface area contributed by atoms with Crippen LogP contribution in [-0.2, 0) is 0 Å². The highest BCUT2D eigenvalue weighted by molar-refractivity contribution is 6.42. The second-order valence-corrected chi connectivity index (χ2v) is 4.01. The molecule has 0 aliphatic heterocycles. The van der Waals surface area contributed by atoms with E-state index in [0.29, 0.717) is 21.3 Å². The molecule has 0 radical (unpaired) electrons. The molecule has 2 aromatic rings. The topological polar surface area (TPSA) is 38.0 Å². The van der Waals surface area contributed by atoms with Gasteiger partial charge in [0.05, 0.1) is 22.1 Å². The molecule has 3 nitrogen and oxygen atoms in total. The quantitative estimate of drug-likeness (QED) is 0.892. The van der Waals surface area contributed by atoms with Crippen LogP contribution in [0.2, 0.25) is 10.0 Å². The molecular formula is C11H8Cl2N2O. The molecular weight excluding hydrogens is 247 g/mol. The fraction of sp³-hybridized carbons (Fsp3) is 0. The fourth-order valence-corrected chi connectivity index (χ4v) is 1.65. The predicted molar refractivity (Wildman–Crippen MR) is 64.8 cm³/mol. The van der Waals surface area contributed by atoms with Crippen LogP contribution in [0.15, 0.2) is 37.4 Å². The third-order valence-corrected chi connectivity index (χ3v) is 2.89. The van der Waals surface area contributed by atoms with E-state index in [1.54, 1.807) is 29.4 Å². The third kappa shape index (κ3) is 1.92. The SMILES string of the molecule is C=C(c1cc(Cl)c(Cl)cc1O)n1ccnc1. The number of hydrogen-bond donors (Lipinski definition) is 1. The van der Waals surface area contributed by atoms with Gasteiger partial charge in [0.1, 0.15) is 5.75 Å². The largest absolute Gasteiger partial charge is 0.507 e. The zero-order chi connectivity index (χ0) is 11.7. The van der Waals surface area contributed by atoms with Crippen LogP contribution in [0.25, 0.3) is 5.70 Å². The predicted octanol–water partition coefficient (Wildman–Crippen LogP) is 3.41. The molecule has 0 aliphatic carbocycles. The number of nitrogens with zero attached hydrogens (tertiary/aromatic N) is 2. The van der Waals surface area contributed by atoms with Gasteiger partial charge in [0.25, 0.3) is 0 Å². The van der Waals surface area contributed by atoms with Crippen molar-refractivity contribution in [1.82, 2.24) is 9.55 Å². The monoisotopic (exact) mass is 254 g/mol. The second-order valence-electron chi connectivity index (χ2n) is 3.20. The molecule has 1 N–H and O–H groups in total.